The molecule has 0 bridgehead atoms. The minimum atomic E-state index is -0.553. The molecule has 1 N–H and O–H groups in total. The highest BCUT2D eigenvalue weighted by Crippen LogP contribution is 2.21. The predicted octanol–water partition coefficient (Wildman–Crippen LogP) is 5.62. The van der Waals surface area contributed by atoms with Crippen LogP contribution in [0, 0.1) is 0 Å². The van der Waals surface area contributed by atoms with Crippen LogP contribution in [-0.2, 0) is 28.3 Å². The van der Waals surface area contributed by atoms with E-state index in [1.807, 2.05) is 78.9 Å². The maximum Gasteiger partial charge on any atom is 0.243 e. The van der Waals surface area contributed by atoms with E-state index in [4.69, 9.17) is 0 Å². The van der Waals surface area contributed by atoms with Gasteiger partial charge in [0.1, 0.15) is 6.04 Å². The van der Waals surface area contributed by atoms with Crippen LogP contribution < -0.4 is 5.32 Å². The lowest BCUT2D eigenvalue weighted by atomic mass is 10.0. The largest absolute Gasteiger partial charge is 0.352 e. The zero-order valence-electron chi connectivity index (χ0n) is 20.1. The molecule has 0 aliphatic heterocycles. The normalized spacial score (nSPS) is 14.4. The van der Waals surface area contributed by atoms with Crippen molar-refractivity contribution in [3.63, 3.8) is 0 Å². The highest BCUT2D eigenvalue weighted by atomic mass is 32.2. The van der Waals surface area contributed by atoms with Crippen molar-refractivity contribution in [1.82, 2.24) is 10.2 Å². The summed E-state index contributed by atoms with van der Waals surface area (Å²) < 4.78 is 0. The lowest BCUT2D eigenvalue weighted by molar-refractivity contribution is -0.139. The van der Waals surface area contributed by atoms with Gasteiger partial charge >= 0.3 is 0 Å². The summed E-state index contributed by atoms with van der Waals surface area (Å²) in [5, 5.41) is 3.26. The molecule has 4 nitrogen and oxygen atoms in total. The molecular formula is C30H34N2O2S. The number of hydrogen-bond acceptors (Lipinski definition) is 3. The Morgan fingerprint density at radius 1 is 0.800 bits per heavy atom. The molecule has 3 aromatic rings. The van der Waals surface area contributed by atoms with Gasteiger partial charge in [-0.2, -0.15) is 0 Å². The topological polar surface area (TPSA) is 49.4 Å². The van der Waals surface area contributed by atoms with Crippen LogP contribution in [-0.4, -0.2) is 34.6 Å². The average Bonchev–Trinajstić information content (AvgIpc) is 3.41. The van der Waals surface area contributed by atoms with Gasteiger partial charge in [-0.25, -0.2) is 0 Å². The van der Waals surface area contributed by atoms with Gasteiger partial charge in [-0.3, -0.25) is 9.59 Å². The van der Waals surface area contributed by atoms with Gasteiger partial charge in [0, 0.05) is 24.8 Å². The fourth-order valence-corrected chi connectivity index (χ4v) is 5.49. The molecule has 182 valence electrons. The minimum Gasteiger partial charge on any atom is -0.352 e. The van der Waals surface area contributed by atoms with Gasteiger partial charge in [-0.05, 0) is 29.5 Å². The van der Waals surface area contributed by atoms with Crippen LogP contribution in [0.1, 0.15) is 42.4 Å². The molecule has 1 atom stereocenters. The molecule has 5 heteroatoms. The maximum absolute atomic E-state index is 13.6. The van der Waals surface area contributed by atoms with E-state index in [0.717, 1.165) is 42.6 Å². The summed E-state index contributed by atoms with van der Waals surface area (Å²) in [7, 11) is 0. The fraction of sp³-hybridized carbons (Fsp3) is 0.333. The first-order chi connectivity index (χ1) is 17.2. The first-order valence-corrected chi connectivity index (χ1v) is 13.6. The summed E-state index contributed by atoms with van der Waals surface area (Å²) in [6.45, 7) is 0.418. The standard InChI is InChI=1S/C30H34N2O2S/c33-29(23-35-22-26-16-8-3-9-17-26)32(21-25-14-6-2-7-15-25)28(20-24-12-4-1-5-13-24)30(34)31-27-18-10-11-19-27/h1-9,12-17,27-28H,10-11,18-23H2,(H,31,34)/t28-/m1/s1. The quantitative estimate of drug-likeness (QED) is 0.383. The number of nitrogens with zero attached hydrogens (tertiary/aromatic N) is 1. The van der Waals surface area contributed by atoms with Crippen molar-refractivity contribution in [2.24, 2.45) is 0 Å². The lowest BCUT2D eigenvalue weighted by Crippen LogP contribution is -2.52. The Bertz CT molecular complexity index is 1050. The average molecular weight is 487 g/mol. The zero-order valence-corrected chi connectivity index (χ0v) is 21.0. The van der Waals surface area contributed by atoms with Gasteiger partial charge in [0.25, 0.3) is 0 Å². The van der Waals surface area contributed by atoms with Crippen LogP contribution in [0.2, 0.25) is 0 Å². The molecule has 3 aromatic carbocycles. The van der Waals surface area contributed by atoms with Gasteiger partial charge in [-0.15, -0.1) is 11.8 Å². The van der Waals surface area contributed by atoms with E-state index in [0.29, 0.717) is 18.7 Å². The van der Waals surface area contributed by atoms with Gasteiger partial charge in [0.15, 0.2) is 0 Å². The number of amides is 2. The fourth-order valence-electron chi connectivity index (χ4n) is 4.61. The van der Waals surface area contributed by atoms with Crippen LogP contribution in [0.5, 0.6) is 0 Å². The number of carbonyl (C=O) groups is 2. The predicted molar refractivity (Wildman–Crippen MR) is 144 cm³/mol. The van der Waals surface area contributed by atoms with Crippen LogP contribution in [0.25, 0.3) is 0 Å². The molecule has 1 aliphatic rings. The third kappa shape index (κ3) is 7.72. The molecule has 0 spiro atoms. The molecule has 4 rings (SSSR count). The summed E-state index contributed by atoms with van der Waals surface area (Å²) in [5.41, 5.74) is 3.28. The molecular weight excluding hydrogens is 452 g/mol. The summed E-state index contributed by atoms with van der Waals surface area (Å²) in [5.74, 6) is 1.06. The molecule has 1 fully saturated rings. The molecule has 0 saturated heterocycles. The van der Waals surface area contributed by atoms with Crippen LogP contribution in [0.3, 0.4) is 0 Å². The first-order valence-electron chi connectivity index (χ1n) is 12.5. The van der Waals surface area contributed by atoms with Gasteiger partial charge in [0.2, 0.25) is 11.8 Å². The van der Waals surface area contributed by atoms with E-state index in [2.05, 4.69) is 17.4 Å². The Labute approximate surface area is 213 Å². The summed E-state index contributed by atoms with van der Waals surface area (Å²) in [6, 6.07) is 29.8. The number of carbonyl (C=O) groups excluding carboxylic acids is 2. The SMILES string of the molecule is O=C(NC1CCCC1)[C@@H](Cc1ccccc1)N(Cc1ccccc1)C(=O)CSCc1ccccc1. The second-order valence-electron chi connectivity index (χ2n) is 9.18. The Balaban J connectivity index is 1.54. The lowest BCUT2D eigenvalue weighted by Gasteiger charge is -2.32. The molecule has 1 aliphatic carbocycles. The van der Waals surface area contributed by atoms with Crippen molar-refractivity contribution in [2.45, 2.75) is 56.5 Å². The zero-order chi connectivity index (χ0) is 24.3. The molecule has 35 heavy (non-hydrogen) atoms. The Morgan fingerprint density at radius 2 is 1.34 bits per heavy atom. The van der Waals surface area contributed by atoms with Crippen molar-refractivity contribution in [2.75, 3.05) is 5.75 Å². The number of nitrogens with one attached hydrogen (secondary N) is 1. The highest BCUT2D eigenvalue weighted by molar-refractivity contribution is 7.99. The second-order valence-corrected chi connectivity index (χ2v) is 10.2. The third-order valence-electron chi connectivity index (χ3n) is 6.51. The number of rotatable bonds is 11. The summed E-state index contributed by atoms with van der Waals surface area (Å²) >= 11 is 1.60. The van der Waals surface area contributed by atoms with Crippen molar-refractivity contribution < 1.29 is 9.59 Å². The number of thioether (sulfide) groups is 1. The Morgan fingerprint density at radius 3 is 1.94 bits per heavy atom. The molecule has 2 amide bonds. The number of hydrogen-bond donors (Lipinski definition) is 1. The highest BCUT2D eigenvalue weighted by Gasteiger charge is 2.32. The smallest absolute Gasteiger partial charge is 0.243 e. The van der Waals surface area contributed by atoms with E-state index < -0.39 is 6.04 Å². The third-order valence-corrected chi connectivity index (χ3v) is 7.49. The van der Waals surface area contributed by atoms with Crippen molar-refractivity contribution in [3.8, 4) is 0 Å². The minimum absolute atomic E-state index is 0.00251. The van der Waals surface area contributed by atoms with E-state index in [1.165, 1.54) is 5.56 Å². The molecule has 0 aromatic heterocycles. The van der Waals surface area contributed by atoms with Crippen molar-refractivity contribution in [1.29, 1.82) is 0 Å². The Hall–Kier alpha value is -3.05. The van der Waals surface area contributed by atoms with Crippen LogP contribution >= 0.6 is 11.8 Å². The second kappa shape index (κ2) is 13.1. The summed E-state index contributed by atoms with van der Waals surface area (Å²) in [4.78, 5) is 29.1. The molecule has 0 radical (unpaired) electrons. The van der Waals surface area contributed by atoms with Crippen LogP contribution in [0.4, 0.5) is 0 Å². The van der Waals surface area contributed by atoms with Crippen molar-refractivity contribution >= 4 is 23.6 Å². The monoisotopic (exact) mass is 486 g/mol. The molecule has 0 heterocycles. The van der Waals surface area contributed by atoms with E-state index in [1.54, 1.807) is 16.7 Å². The van der Waals surface area contributed by atoms with E-state index in [9.17, 15) is 9.59 Å². The van der Waals surface area contributed by atoms with Gasteiger partial charge < -0.3 is 10.2 Å². The van der Waals surface area contributed by atoms with E-state index >= 15 is 0 Å². The summed E-state index contributed by atoms with van der Waals surface area (Å²) in [6.07, 6.45) is 4.84. The van der Waals surface area contributed by atoms with Gasteiger partial charge in [-0.1, -0.05) is 104 Å². The molecule has 0 unspecified atom stereocenters. The van der Waals surface area contributed by atoms with Gasteiger partial charge in [0.05, 0.1) is 5.75 Å². The van der Waals surface area contributed by atoms with Crippen LogP contribution in [0.15, 0.2) is 91.0 Å². The molecule has 1 saturated carbocycles. The van der Waals surface area contributed by atoms with E-state index in [-0.39, 0.29) is 17.9 Å². The number of benzene rings is 3. The van der Waals surface area contributed by atoms with Crippen molar-refractivity contribution in [3.05, 3.63) is 108 Å². The Kier molecular flexibility index (Phi) is 9.41. The first kappa shape index (κ1) is 25.1. The maximum atomic E-state index is 13.6.